The summed E-state index contributed by atoms with van der Waals surface area (Å²) in [7, 11) is 0. The summed E-state index contributed by atoms with van der Waals surface area (Å²) < 4.78 is 29.1. The molecule has 1 saturated carbocycles. The van der Waals surface area contributed by atoms with Crippen LogP contribution in [0.25, 0.3) is 5.69 Å². The fourth-order valence-corrected chi connectivity index (χ4v) is 4.13. The molecule has 4 nitrogen and oxygen atoms in total. The lowest BCUT2D eigenvalue weighted by molar-refractivity contribution is 0.0912. The van der Waals surface area contributed by atoms with Gasteiger partial charge in [0.05, 0.1) is 5.69 Å². The lowest BCUT2D eigenvalue weighted by atomic mass is 9.94. The second kappa shape index (κ2) is 5.38. The average molecular weight is 345 g/mol. The summed E-state index contributed by atoms with van der Waals surface area (Å²) in [5, 5.41) is 7.40. The van der Waals surface area contributed by atoms with Gasteiger partial charge < -0.3 is 5.32 Å². The zero-order chi connectivity index (χ0) is 17.9. The van der Waals surface area contributed by atoms with Crippen LogP contribution in [-0.4, -0.2) is 21.2 Å². The maximum atomic E-state index is 14.3. The van der Waals surface area contributed by atoms with Crippen LogP contribution in [0.15, 0.2) is 18.2 Å². The Kier molecular flexibility index (Phi) is 3.49. The van der Waals surface area contributed by atoms with Gasteiger partial charge >= 0.3 is 0 Å². The molecule has 2 bridgehead atoms. The van der Waals surface area contributed by atoms with Gasteiger partial charge in [-0.3, -0.25) is 4.79 Å². The second-order valence-corrected chi connectivity index (χ2v) is 8.07. The summed E-state index contributed by atoms with van der Waals surface area (Å²) in [5.74, 6) is -0.947. The van der Waals surface area contributed by atoms with Crippen molar-refractivity contribution in [3.8, 4) is 5.69 Å². The summed E-state index contributed by atoms with van der Waals surface area (Å²) in [6.45, 7) is 5.73. The molecule has 2 aliphatic rings. The number of aromatic nitrogens is 2. The van der Waals surface area contributed by atoms with Gasteiger partial charge in [0.2, 0.25) is 0 Å². The van der Waals surface area contributed by atoms with Gasteiger partial charge in [0.25, 0.3) is 5.91 Å². The van der Waals surface area contributed by atoms with E-state index < -0.39 is 11.6 Å². The lowest BCUT2D eigenvalue weighted by Crippen LogP contribution is -2.41. The van der Waals surface area contributed by atoms with Crippen molar-refractivity contribution >= 4 is 5.91 Å². The van der Waals surface area contributed by atoms with E-state index in [0.29, 0.717) is 11.6 Å². The van der Waals surface area contributed by atoms with Gasteiger partial charge in [-0.05, 0) is 58.1 Å². The number of carbonyl (C=O) groups excluding carboxylic acids is 1. The first-order valence-corrected chi connectivity index (χ1v) is 8.65. The maximum absolute atomic E-state index is 14.3. The van der Waals surface area contributed by atoms with E-state index in [4.69, 9.17) is 0 Å². The molecule has 25 heavy (non-hydrogen) atoms. The van der Waals surface area contributed by atoms with Crippen molar-refractivity contribution in [1.29, 1.82) is 0 Å². The fourth-order valence-electron chi connectivity index (χ4n) is 4.13. The minimum atomic E-state index is -0.671. The van der Waals surface area contributed by atoms with Crippen LogP contribution in [0.1, 0.15) is 73.6 Å². The van der Waals surface area contributed by atoms with E-state index in [-0.39, 0.29) is 23.1 Å². The third-order valence-corrected chi connectivity index (χ3v) is 5.03. The third kappa shape index (κ3) is 2.64. The van der Waals surface area contributed by atoms with Gasteiger partial charge in [-0.1, -0.05) is 0 Å². The molecule has 0 unspecified atom stereocenters. The van der Waals surface area contributed by atoms with E-state index >= 15 is 0 Å². The molecule has 6 heteroatoms. The Hall–Kier alpha value is -2.24. The van der Waals surface area contributed by atoms with Crippen molar-refractivity contribution in [2.24, 2.45) is 0 Å². The normalized spacial score (nSPS) is 21.5. The summed E-state index contributed by atoms with van der Waals surface area (Å²) in [4.78, 5) is 12.7. The van der Waals surface area contributed by atoms with E-state index in [1.165, 1.54) is 16.8 Å². The fraction of sp³-hybridized carbons (Fsp3) is 0.474. The number of carbonyl (C=O) groups is 1. The van der Waals surface area contributed by atoms with Gasteiger partial charge in [0.15, 0.2) is 11.5 Å². The van der Waals surface area contributed by atoms with Crippen molar-refractivity contribution in [1.82, 2.24) is 15.1 Å². The van der Waals surface area contributed by atoms with Gasteiger partial charge in [0, 0.05) is 23.1 Å². The molecule has 0 saturated heterocycles. The van der Waals surface area contributed by atoms with Crippen LogP contribution in [0.5, 0.6) is 0 Å². The van der Waals surface area contributed by atoms with Crippen LogP contribution in [0.4, 0.5) is 8.78 Å². The zero-order valence-corrected chi connectivity index (χ0v) is 14.6. The first kappa shape index (κ1) is 16.2. The molecule has 0 spiro atoms. The molecule has 1 amide bonds. The Morgan fingerprint density at radius 3 is 2.64 bits per heavy atom. The van der Waals surface area contributed by atoms with Crippen LogP contribution < -0.4 is 5.32 Å². The highest BCUT2D eigenvalue weighted by Crippen LogP contribution is 2.54. The number of nitrogens with zero attached hydrogens (tertiary/aromatic N) is 2. The molecule has 1 aromatic heterocycles. The summed E-state index contributed by atoms with van der Waals surface area (Å²) in [5.41, 5.74) is 2.05. The number of fused-ring (bicyclic) bond motifs is 5. The van der Waals surface area contributed by atoms with E-state index in [1.807, 2.05) is 20.8 Å². The van der Waals surface area contributed by atoms with Crippen molar-refractivity contribution < 1.29 is 13.6 Å². The van der Waals surface area contributed by atoms with Crippen LogP contribution in [0.2, 0.25) is 0 Å². The number of benzene rings is 1. The highest BCUT2D eigenvalue weighted by atomic mass is 19.1. The zero-order valence-electron chi connectivity index (χ0n) is 14.6. The largest absolute Gasteiger partial charge is 0.346 e. The van der Waals surface area contributed by atoms with Crippen molar-refractivity contribution in [2.75, 3.05) is 0 Å². The molecule has 0 aliphatic heterocycles. The molecule has 0 radical (unpaired) electrons. The van der Waals surface area contributed by atoms with Crippen molar-refractivity contribution in [3.63, 3.8) is 0 Å². The highest BCUT2D eigenvalue weighted by Gasteiger charge is 2.44. The molecule has 1 heterocycles. The van der Waals surface area contributed by atoms with Crippen molar-refractivity contribution in [3.05, 3.63) is 46.8 Å². The maximum Gasteiger partial charge on any atom is 0.272 e. The number of amides is 1. The van der Waals surface area contributed by atoms with Crippen LogP contribution in [0.3, 0.4) is 0 Å². The van der Waals surface area contributed by atoms with E-state index in [0.717, 1.165) is 36.6 Å². The molecule has 1 N–H and O–H groups in total. The Morgan fingerprint density at radius 1 is 1.24 bits per heavy atom. The molecule has 2 aromatic rings. The first-order chi connectivity index (χ1) is 11.7. The standard InChI is InChI=1S/C19H21F2N3O/c1-19(2,3)22-18(25)16-15-10-4-5-11(8-10)17(15)24(23-16)14-7-6-12(20)9-13(14)21/h6-7,9-11H,4-5,8H2,1-3H3,(H,22,25)/t10-,11-/m0/s1. The number of nitrogens with one attached hydrogen (secondary N) is 1. The Balaban J connectivity index is 1.86. The topological polar surface area (TPSA) is 46.9 Å². The molecule has 4 rings (SSSR count). The number of halogens is 2. The van der Waals surface area contributed by atoms with Gasteiger partial charge in [-0.15, -0.1) is 0 Å². The van der Waals surface area contributed by atoms with E-state index in [9.17, 15) is 13.6 Å². The second-order valence-electron chi connectivity index (χ2n) is 8.07. The van der Waals surface area contributed by atoms with E-state index in [2.05, 4.69) is 10.4 Å². The predicted molar refractivity (Wildman–Crippen MR) is 90.0 cm³/mol. The summed E-state index contributed by atoms with van der Waals surface area (Å²) in [6, 6.07) is 3.45. The monoisotopic (exact) mass is 345 g/mol. The summed E-state index contributed by atoms with van der Waals surface area (Å²) in [6.07, 6.45) is 3.03. The Bertz CT molecular complexity index is 866. The highest BCUT2D eigenvalue weighted by molar-refractivity contribution is 5.95. The van der Waals surface area contributed by atoms with Crippen LogP contribution in [-0.2, 0) is 0 Å². The average Bonchev–Trinajstić information content (AvgIpc) is 3.17. The molecule has 1 aromatic carbocycles. The number of rotatable bonds is 2. The predicted octanol–water partition coefficient (Wildman–Crippen LogP) is 4.04. The minimum Gasteiger partial charge on any atom is -0.346 e. The van der Waals surface area contributed by atoms with Crippen molar-refractivity contribution in [2.45, 2.75) is 57.4 Å². The number of hydrogen-bond donors (Lipinski definition) is 1. The smallest absolute Gasteiger partial charge is 0.272 e. The molecule has 2 aliphatic carbocycles. The molecular weight excluding hydrogens is 324 g/mol. The lowest BCUT2D eigenvalue weighted by Gasteiger charge is -2.20. The molecule has 2 atom stereocenters. The SMILES string of the molecule is CC(C)(C)NC(=O)c1nn(-c2ccc(F)cc2F)c2c1[C@H]1CC[C@H]2C1. The quantitative estimate of drug-likeness (QED) is 0.893. The van der Waals surface area contributed by atoms with Gasteiger partial charge in [0.1, 0.15) is 11.5 Å². The summed E-state index contributed by atoms with van der Waals surface area (Å²) >= 11 is 0. The van der Waals surface area contributed by atoms with Gasteiger partial charge in [-0.2, -0.15) is 5.10 Å². The third-order valence-electron chi connectivity index (χ3n) is 5.03. The molecule has 132 valence electrons. The van der Waals surface area contributed by atoms with Crippen LogP contribution >= 0.6 is 0 Å². The van der Waals surface area contributed by atoms with Crippen LogP contribution in [0, 0.1) is 11.6 Å². The molecular formula is C19H21F2N3O. The van der Waals surface area contributed by atoms with E-state index in [1.54, 1.807) is 0 Å². The molecule has 1 fully saturated rings. The Labute approximate surface area is 145 Å². The number of hydrogen-bond acceptors (Lipinski definition) is 2. The first-order valence-electron chi connectivity index (χ1n) is 8.65. The minimum absolute atomic E-state index is 0.194. The van der Waals surface area contributed by atoms with Gasteiger partial charge in [-0.25, -0.2) is 13.5 Å². The Morgan fingerprint density at radius 2 is 1.96 bits per heavy atom.